The Bertz CT molecular complexity index is 487. The average molecular weight is 284 g/mol. The summed E-state index contributed by atoms with van der Waals surface area (Å²) >= 11 is 5.83. The molecule has 1 heterocycles. The third kappa shape index (κ3) is 2.82. The Balaban J connectivity index is 2.15. The van der Waals surface area contributed by atoms with Crippen molar-refractivity contribution in [3.63, 3.8) is 0 Å². The van der Waals surface area contributed by atoms with Crippen LogP contribution in [0.25, 0.3) is 0 Å². The third-order valence-corrected chi connectivity index (χ3v) is 4.12. The first-order valence-corrected chi connectivity index (χ1v) is 6.63. The molecule has 0 unspecified atom stereocenters. The molecule has 0 radical (unpaired) electrons. The standard InChI is InChI=1S/C13H18ClN3O2/c1-17(2)13(6-3-7-13)8-15-11-9(12(18)19)4-5-10(14)16-11/h4-5H,3,6-8H2,1-2H3,(H,15,16)(H,18,19). The van der Waals surface area contributed by atoms with Gasteiger partial charge < -0.3 is 15.3 Å². The fraction of sp³-hybridized carbons (Fsp3) is 0.538. The maximum Gasteiger partial charge on any atom is 0.339 e. The van der Waals surface area contributed by atoms with Crippen molar-refractivity contribution in [3.8, 4) is 0 Å². The number of nitrogens with zero attached hydrogens (tertiary/aromatic N) is 2. The lowest BCUT2D eigenvalue weighted by Gasteiger charge is -2.47. The van der Waals surface area contributed by atoms with E-state index in [0.717, 1.165) is 12.8 Å². The molecule has 1 aromatic heterocycles. The van der Waals surface area contributed by atoms with E-state index in [1.807, 2.05) is 14.1 Å². The van der Waals surface area contributed by atoms with Gasteiger partial charge in [0.15, 0.2) is 0 Å². The van der Waals surface area contributed by atoms with E-state index in [4.69, 9.17) is 16.7 Å². The smallest absolute Gasteiger partial charge is 0.339 e. The number of anilines is 1. The molecule has 0 aromatic carbocycles. The second-order valence-electron chi connectivity index (χ2n) is 5.16. The SMILES string of the molecule is CN(C)C1(CNc2nc(Cl)ccc2C(=O)O)CCC1. The van der Waals surface area contributed by atoms with Crippen molar-refractivity contribution in [2.45, 2.75) is 24.8 Å². The molecule has 5 nitrogen and oxygen atoms in total. The summed E-state index contributed by atoms with van der Waals surface area (Å²) in [5.74, 6) is -0.660. The van der Waals surface area contributed by atoms with E-state index in [0.29, 0.717) is 17.5 Å². The summed E-state index contributed by atoms with van der Waals surface area (Å²) in [5.41, 5.74) is 0.248. The van der Waals surface area contributed by atoms with E-state index < -0.39 is 5.97 Å². The molecule has 104 valence electrons. The lowest BCUT2D eigenvalue weighted by Crippen LogP contribution is -2.54. The predicted octanol–water partition coefficient (Wildman–Crippen LogP) is 2.33. The number of halogens is 1. The highest BCUT2D eigenvalue weighted by atomic mass is 35.5. The van der Waals surface area contributed by atoms with Gasteiger partial charge >= 0.3 is 5.97 Å². The summed E-state index contributed by atoms with van der Waals surface area (Å²) in [4.78, 5) is 17.4. The molecule has 1 fully saturated rings. The molecule has 1 aliphatic carbocycles. The molecule has 0 aliphatic heterocycles. The molecule has 2 N–H and O–H groups in total. The molecule has 0 atom stereocenters. The normalized spacial score (nSPS) is 17.1. The van der Waals surface area contributed by atoms with Gasteiger partial charge in [-0.1, -0.05) is 11.6 Å². The monoisotopic (exact) mass is 283 g/mol. The van der Waals surface area contributed by atoms with E-state index in [-0.39, 0.29) is 11.1 Å². The zero-order valence-corrected chi connectivity index (χ0v) is 11.9. The number of aromatic carboxylic acids is 1. The van der Waals surface area contributed by atoms with Crippen LogP contribution in [-0.4, -0.2) is 47.1 Å². The average Bonchev–Trinajstić information content (AvgIpc) is 2.26. The summed E-state index contributed by atoms with van der Waals surface area (Å²) in [6.45, 7) is 0.674. The maximum absolute atomic E-state index is 11.1. The highest BCUT2D eigenvalue weighted by molar-refractivity contribution is 6.29. The van der Waals surface area contributed by atoms with Crippen LogP contribution in [0, 0.1) is 0 Å². The van der Waals surface area contributed by atoms with Crippen LogP contribution in [0.1, 0.15) is 29.6 Å². The highest BCUT2D eigenvalue weighted by Gasteiger charge is 2.39. The lowest BCUT2D eigenvalue weighted by molar-refractivity contribution is 0.0693. The number of pyridine rings is 1. The molecular weight excluding hydrogens is 266 g/mol. The Hall–Kier alpha value is -1.33. The lowest BCUT2D eigenvalue weighted by atomic mass is 9.75. The van der Waals surface area contributed by atoms with E-state index in [1.165, 1.54) is 18.6 Å². The number of carbonyl (C=O) groups is 1. The van der Waals surface area contributed by atoms with E-state index in [1.54, 1.807) is 0 Å². The largest absolute Gasteiger partial charge is 0.478 e. The molecule has 0 saturated heterocycles. The summed E-state index contributed by atoms with van der Waals surface area (Å²) in [6.07, 6.45) is 3.42. The van der Waals surface area contributed by atoms with Gasteiger partial charge in [0.2, 0.25) is 0 Å². The van der Waals surface area contributed by atoms with Crippen LogP contribution in [0.2, 0.25) is 5.15 Å². The second-order valence-corrected chi connectivity index (χ2v) is 5.55. The summed E-state index contributed by atoms with van der Waals surface area (Å²) in [6, 6.07) is 2.96. The zero-order chi connectivity index (χ0) is 14.0. The van der Waals surface area contributed by atoms with Gasteiger partial charge in [-0.25, -0.2) is 9.78 Å². The van der Waals surface area contributed by atoms with Crippen LogP contribution in [-0.2, 0) is 0 Å². The Morgan fingerprint density at radius 1 is 1.53 bits per heavy atom. The fourth-order valence-electron chi connectivity index (χ4n) is 2.36. The number of aromatic nitrogens is 1. The summed E-state index contributed by atoms with van der Waals surface area (Å²) in [7, 11) is 4.09. The van der Waals surface area contributed by atoms with Gasteiger partial charge in [-0.05, 0) is 45.5 Å². The number of hydrogen-bond acceptors (Lipinski definition) is 4. The third-order valence-electron chi connectivity index (χ3n) is 3.91. The van der Waals surface area contributed by atoms with Crippen LogP contribution in [0.3, 0.4) is 0 Å². The van der Waals surface area contributed by atoms with E-state index in [2.05, 4.69) is 15.2 Å². The van der Waals surface area contributed by atoms with Crippen LogP contribution in [0.4, 0.5) is 5.82 Å². The molecule has 1 aliphatic rings. The fourth-order valence-corrected chi connectivity index (χ4v) is 2.51. The minimum absolute atomic E-state index is 0.0970. The van der Waals surface area contributed by atoms with Gasteiger partial charge in [0.05, 0.1) is 0 Å². The van der Waals surface area contributed by atoms with Crippen molar-refractivity contribution < 1.29 is 9.90 Å². The highest BCUT2D eigenvalue weighted by Crippen LogP contribution is 2.36. The molecule has 0 bridgehead atoms. The molecule has 6 heteroatoms. The topological polar surface area (TPSA) is 65.5 Å². The molecule has 0 spiro atoms. The predicted molar refractivity (Wildman–Crippen MR) is 75.0 cm³/mol. The van der Waals surface area contributed by atoms with Gasteiger partial charge in [-0.15, -0.1) is 0 Å². The van der Waals surface area contributed by atoms with Gasteiger partial charge in [-0.3, -0.25) is 0 Å². The van der Waals surface area contributed by atoms with Crippen LogP contribution >= 0.6 is 11.6 Å². The number of carboxylic acid groups (broad SMARTS) is 1. The number of nitrogens with one attached hydrogen (secondary N) is 1. The first-order chi connectivity index (χ1) is 8.94. The number of carboxylic acids is 1. The first-order valence-electron chi connectivity index (χ1n) is 6.26. The minimum atomic E-state index is -1.00. The molecule has 1 aromatic rings. The molecule has 0 amide bonds. The molecule has 2 rings (SSSR count). The number of likely N-dealkylation sites (N-methyl/N-ethyl adjacent to an activating group) is 1. The quantitative estimate of drug-likeness (QED) is 0.812. The second kappa shape index (κ2) is 5.35. The Morgan fingerprint density at radius 3 is 2.68 bits per heavy atom. The molecule has 19 heavy (non-hydrogen) atoms. The van der Waals surface area contributed by atoms with Crippen molar-refractivity contribution in [2.75, 3.05) is 26.0 Å². The van der Waals surface area contributed by atoms with Crippen molar-refractivity contribution in [3.05, 3.63) is 22.8 Å². The Kier molecular flexibility index (Phi) is 3.96. The van der Waals surface area contributed by atoms with Crippen LogP contribution in [0.5, 0.6) is 0 Å². The van der Waals surface area contributed by atoms with Gasteiger partial charge in [0.25, 0.3) is 0 Å². The summed E-state index contributed by atoms with van der Waals surface area (Å²) in [5, 5.41) is 12.6. The van der Waals surface area contributed by atoms with Gasteiger partial charge in [-0.2, -0.15) is 0 Å². The van der Waals surface area contributed by atoms with Crippen molar-refractivity contribution in [1.29, 1.82) is 0 Å². The molecule has 1 saturated carbocycles. The zero-order valence-electron chi connectivity index (χ0n) is 11.1. The van der Waals surface area contributed by atoms with E-state index in [9.17, 15) is 4.79 Å². The van der Waals surface area contributed by atoms with Crippen LogP contribution < -0.4 is 5.32 Å². The maximum atomic E-state index is 11.1. The minimum Gasteiger partial charge on any atom is -0.478 e. The van der Waals surface area contributed by atoms with Crippen molar-refractivity contribution in [1.82, 2.24) is 9.88 Å². The first kappa shape index (κ1) is 14.1. The molecular formula is C13H18ClN3O2. The van der Waals surface area contributed by atoms with E-state index >= 15 is 0 Å². The van der Waals surface area contributed by atoms with Gasteiger partial charge in [0, 0.05) is 12.1 Å². The Morgan fingerprint density at radius 2 is 2.21 bits per heavy atom. The van der Waals surface area contributed by atoms with Crippen LogP contribution in [0.15, 0.2) is 12.1 Å². The van der Waals surface area contributed by atoms with Crippen molar-refractivity contribution in [2.24, 2.45) is 0 Å². The van der Waals surface area contributed by atoms with Gasteiger partial charge in [0.1, 0.15) is 16.5 Å². The number of hydrogen-bond donors (Lipinski definition) is 2. The number of rotatable bonds is 5. The Labute approximate surface area is 117 Å². The summed E-state index contributed by atoms with van der Waals surface area (Å²) < 4.78 is 0. The van der Waals surface area contributed by atoms with Crippen molar-refractivity contribution >= 4 is 23.4 Å².